The number of pyridine rings is 1. The van der Waals surface area contributed by atoms with Gasteiger partial charge in [0.2, 0.25) is 10.0 Å². The summed E-state index contributed by atoms with van der Waals surface area (Å²) in [4.78, 5) is 17.2. The van der Waals surface area contributed by atoms with Crippen LogP contribution < -0.4 is 15.4 Å². The molecule has 0 aliphatic heterocycles. The lowest BCUT2D eigenvalue weighted by Gasteiger charge is -2.19. The van der Waals surface area contributed by atoms with Crippen molar-refractivity contribution >= 4 is 26.8 Å². The minimum atomic E-state index is -3.97. The Morgan fingerprint density at radius 3 is 2.58 bits per heavy atom. The molecule has 0 radical (unpaired) electrons. The molecule has 2 amide bonds. The zero-order chi connectivity index (χ0) is 23.4. The number of nitrogens with one attached hydrogen (secondary N) is 3. The topological polar surface area (TPSA) is 100 Å². The highest BCUT2D eigenvalue weighted by molar-refractivity contribution is 7.89. The van der Waals surface area contributed by atoms with Gasteiger partial charge in [0, 0.05) is 41.7 Å². The van der Waals surface area contributed by atoms with Gasteiger partial charge in [0.05, 0.1) is 10.9 Å². The lowest BCUT2D eigenvalue weighted by molar-refractivity contribution is 0.221. The molecule has 3 aliphatic rings. The van der Waals surface area contributed by atoms with Gasteiger partial charge in [0.1, 0.15) is 5.67 Å². The Kier molecular flexibility index (Phi) is 5.60. The Morgan fingerprint density at radius 2 is 1.91 bits per heavy atom. The van der Waals surface area contributed by atoms with Crippen molar-refractivity contribution in [1.82, 2.24) is 20.3 Å². The molecule has 0 unspecified atom stereocenters. The van der Waals surface area contributed by atoms with Crippen molar-refractivity contribution in [3.8, 4) is 0 Å². The molecule has 178 valence electrons. The van der Waals surface area contributed by atoms with Gasteiger partial charge in [-0.2, -0.15) is 0 Å². The maximum Gasteiger partial charge on any atom is 0.315 e. The Hall–Kier alpha value is -2.26. The van der Waals surface area contributed by atoms with Crippen molar-refractivity contribution in [2.75, 3.05) is 13.1 Å². The van der Waals surface area contributed by atoms with Crippen LogP contribution in [0.2, 0.25) is 0 Å². The SMILES string of the molecule is CC(C)(F)CNS(=O)(=O)c1cc2c(c3cnc(C4CC4)cc13)CC[C@H]2NC(=O)NCC1CC1. The van der Waals surface area contributed by atoms with Crippen molar-refractivity contribution in [2.24, 2.45) is 5.92 Å². The summed E-state index contributed by atoms with van der Waals surface area (Å²) < 4.78 is 43.1. The molecule has 0 spiro atoms. The molecule has 3 aliphatic carbocycles. The summed E-state index contributed by atoms with van der Waals surface area (Å²) >= 11 is 0. The Labute approximate surface area is 194 Å². The molecule has 0 saturated heterocycles. The zero-order valence-electron chi connectivity index (χ0n) is 19.1. The highest BCUT2D eigenvalue weighted by Gasteiger charge is 2.33. The fourth-order valence-electron chi connectivity index (χ4n) is 4.50. The summed E-state index contributed by atoms with van der Waals surface area (Å²) in [5, 5.41) is 7.34. The molecule has 1 atom stereocenters. The number of fused-ring (bicyclic) bond motifs is 3. The van der Waals surface area contributed by atoms with E-state index in [2.05, 4.69) is 20.3 Å². The van der Waals surface area contributed by atoms with Crippen LogP contribution in [0.3, 0.4) is 0 Å². The number of hydrogen-bond acceptors (Lipinski definition) is 4. The van der Waals surface area contributed by atoms with E-state index in [1.807, 2.05) is 6.07 Å². The summed E-state index contributed by atoms with van der Waals surface area (Å²) in [6.45, 7) is 3.02. The predicted molar refractivity (Wildman–Crippen MR) is 124 cm³/mol. The molecule has 3 N–H and O–H groups in total. The molecule has 1 heterocycles. The fourth-order valence-corrected chi connectivity index (χ4v) is 5.93. The molecule has 0 bridgehead atoms. The summed E-state index contributed by atoms with van der Waals surface area (Å²) in [5.74, 6) is 0.949. The first-order chi connectivity index (χ1) is 15.6. The van der Waals surface area contributed by atoms with E-state index in [-0.39, 0.29) is 23.5 Å². The monoisotopic (exact) mass is 474 g/mol. The normalized spacial score (nSPS) is 20.6. The number of carbonyl (C=O) groups is 1. The Morgan fingerprint density at radius 1 is 1.15 bits per heavy atom. The predicted octanol–water partition coefficient (Wildman–Crippen LogP) is 3.84. The van der Waals surface area contributed by atoms with E-state index in [1.54, 1.807) is 12.3 Å². The largest absolute Gasteiger partial charge is 0.338 e. The van der Waals surface area contributed by atoms with E-state index in [4.69, 9.17) is 0 Å². The minimum absolute atomic E-state index is 0.122. The van der Waals surface area contributed by atoms with Crippen LogP contribution in [0.5, 0.6) is 0 Å². The van der Waals surface area contributed by atoms with Gasteiger partial charge in [-0.15, -0.1) is 0 Å². The van der Waals surface area contributed by atoms with Crippen LogP contribution >= 0.6 is 0 Å². The smallest absolute Gasteiger partial charge is 0.315 e. The van der Waals surface area contributed by atoms with Crippen LogP contribution in [-0.4, -0.2) is 38.2 Å². The van der Waals surface area contributed by atoms with Crippen molar-refractivity contribution in [3.05, 3.63) is 35.2 Å². The van der Waals surface area contributed by atoms with Crippen LogP contribution in [-0.2, 0) is 16.4 Å². The molecule has 5 rings (SSSR count). The molecule has 1 aromatic heterocycles. The zero-order valence-corrected chi connectivity index (χ0v) is 19.9. The number of hydrogen-bond donors (Lipinski definition) is 3. The number of aryl methyl sites for hydroxylation is 1. The lowest BCUT2D eigenvalue weighted by Crippen LogP contribution is -2.38. The number of carbonyl (C=O) groups excluding carboxylic acids is 1. The molecular weight excluding hydrogens is 443 g/mol. The van der Waals surface area contributed by atoms with Crippen molar-refractivity contribution < 1.29 is 17.6 Å². The van der Waals surface area contributed by atoms with E-state index >= 15 is 0 Å². The van der Waals surface area contributed by atoms with E-state index in [1.165, 1.54) is 13.8 Å². The van der Waals surface area contributed by atoms with Gasteiger partial charge >= 0.3 is 6.03 Å². The van der Waals surface area contributed by atoms with Gasteiger partial charge in [-0.25, -0.2) is 22.3 Å². The Balaban J connectivity index is 1.52. The molecule has 1 aromatic carbocycles. The maximum atomic E-state index is 14.1. The maximum absolute atomic E-state index is 14.1. The van der Waals surface area contributed by atoms with Gasteiger partial charge < -0.3 is 10.6 Å². The van der Waals surface area contributed by atoms with Crippen LogP contribution in [0.4, 0.5) is 9.18 Å². The van der Waals surface area contributed by atoms with Gasteiger partial charge in [0.15, 0.2) is 0 Å². The molecule has 7 nitrogen and oxygen atoms in total. The third-order valence-corrected chi connectivity index (χ3v) is 8.17. The first-order valence-electron chi connectivity index (χ1n) is 11.8. The number of aromatic nitrogens is 1. The third kappa shape index (κ3) is 4.99. The van der Waals surface area contributed by atoms with Crippen LogP contribution in [0, 0.1) is 5.92 Å². The molecule has 2 saturated carbocycles. The highest BCUT2D eigenvalue weighted by Crippen LogP contribution is 2.43. The molecule has 9 heteroatoms. The quantitative estimate of drug-likeness (QED) is 0.541. The lowest BCUT2D eigenvalue weighted by atomic mass is 10.0. The summed E-state index contributed by atoms with van der Waals surface area (Å²) in [7, 11) is -3.97. The first kappa shape index (κ1) is 22.5. The van der Waals surface area contributed by atoms with Crippen LogP contribution in [0.15, 0.2) is 23.2 Å². The summed E-state index contributed by atoms with van der Waals surface area (Å²) in [6, 6.07) is 3.04. The number of nitrogens with zero attached hydrogens (tertiary/aromatic N) is 1. The van der Waals surface area contributed by atoms with E-state index in [9.17, 15) is 17.6 Å². The molecule has 33 heavy (non-hydrogen) atoms. The second-order valence-corrected chi connectivity index (χ2v) is 12.0. The van der Waals surface area contributed by atoms with Gasteiger partial charge in [-0.1, -0.05) is 0 Å². The van der Waals surface area contributed by atoms with Gasteiger partial charge in [-0.3, -0.25) is 4.98 Å². The van der Waals surface area contributed by atoms with E-state index in [0.717, 1.165) is 54.3 Å². The number of sulfonamides is 1. The van der Waals surface area contributed by atoms with Crippen LogP contribution in [0.1, 0.15) is 74.7 Å². The second kappa shape index (κ2) is 8.20. The van der Waals surface area contributed by atoms with Crippen molar-refractivity contribution in [2.45, 2.75) is 74.9 Å². The van der Waals surface area contributed by atoms with E-state index < -0.39 is 15.7 Å². The number of rotatable bonds is 8. The number of benzene rings is 1. The van der Waals surface area contributed by atoms with Gasteiger partial charge in [0.25, 0.3) is 0 Å². The second-order valence-electron chi connectivity index (χ2n) is 10.3. The average Bonchev–Trinajstić information content (AvgIpc) is 3.68. The highest BCUT2D eigenvalue weighted by atomic mass is 32.2. The molecule has 2 fully saturated rings. The van der Waals surface area contributed by atoms with Crippen LogP contribution in [0.25, 0.3) is 10.8 Å². The van der Waals surface area contributed by atoms with Crippen molar-refractivity contribution in [3.63, 3.8) is 0 Å². The van der Waals surface area contributed by atoms with Gasteiger partial charge in [-0.05, 0) is 81.5 Å². The number of alkyl halides is 1. The molecular formula is C24H31FN4O3S. The van der Waals surface area contributed by atoms with E-state index in [0.29, 0.717) is 30.2 Å². The minimum Gasteiger partial charge on any atom is -0.338 e. The van der Waals surface area contributed by atoms with Crippen molar-refractivity contribution in [1.29, 1.82) is 0 Å². The summed E-state index contributed by atoms with van der Waals surface area (Å²) in [5.41, 5.74) is 1.04. The average molecular weight is 475 g/mol. The standard InChI is InChI=1S/C24H31FN4O3S/c1-24(2,25)13-28-33(31,32)22-10-17-16(19-12-26-21(9-18(19)22)15-5-6-15)7-8-20(17)29-23(30)27-11-14-3-4-14/h9-10,12,14-15,20,28H,3-8,11,13H2,1-2H3,(H2,27,29,30)/t20-/m1/s1. The first-order valence-corrected chi connectivity index (χ1v) is 13.3. The molecule has 2 aromatic rings. The summed E-state index contributed by atoms with van der Waals surface area (Å²) in [6.07, 6.45) is 7.62. The number of halogens is 1. The number of amides is 2. The third-order valence-electron chi connectivity index (χ3n) is 6.73. The number of urea groups is 1. The fraction of sp³-hybridized carbons (Fsp3) is 0.583. The Bertz CT molecular complexity index is 1200.